The largest absolute Gasteiger partial charge is 0.378 e. The Labute approximate surface area is 136 Å². The van der Waals surface area contributed by atoms with Gasteiger partial charge in [-0.3, -0.25) is 4.79 Å². The molecule has 0 radical (unpaired) electrons. The lowest BCUT2D eigenvalue weighted by molar-refractivity contribution is 0.0746. The van der Waals surface area contributed by atoms with Gasteiger partial charge in [-0.05, 0) is 24.3 Å². The summed E-state index contributed by atoms with van der Waals surface area (Å²) in [6.07, 6.45) is 3.49. The average Bonchev–Trinajstić information content (AvgIpc) is 2.62. The van der Waals surface area contributed by atoms with E-state index in [2.05, 4.69) is 14.9 Å². The van der Waals surface area contributed by atoms with Crippen LogP contribution >= 0.6 is 0 Å². The number of hydrogen-bond acceptors (Lipinski definition) is 5. The van der Waals surface area contributed by atoms with E-state index in [-0.39, 0.29) is 5.91 Å². The van der Waals surface area contributed by atoms with E-state index < -0.39 is 0 Å². The minimum atomic E-state index is 0.0855. The minimum absolute atomic E-state index is 0.0855. The van der Waals surface area contributed by atoms with Crippen LogP contribution in [0.15, 0.2) is 42.7 Å². The molecule has 23 heavy (non-hydrogen) atoms. The molecule has 1 aromatic carbocycles. The summed E-state index contributed by atoms with van der Waals surface area (Å²) in [7, 11) is 3.95. The Kier molecular flexibility index (Phi) is 4.41. The van der Waals surface area contributed by atoms with E-state index in [0.29, 0.717) is 13.1 Å². The van der Waals surface area contributed by atoms with E-state index in [1.165, 1.54) is 0 Å². The van der Waals surface area contributed by atoms with E-state index in [1.807, 2.05) is 48.2 Å². The van der Waals surface area contributed by atoms with Gasteiger partial charge >= 0.3 is 0 Å². The monoisotopic (exact) mass is 311 g/mol. The van der Waals surface area contributed by atoms with Crippen molar-refractivity contribution in [2.45, 2.75) is 0 Å². The lowest BCUT2D eigenvalue weighted by atomic mass is 10.1. The fraction of sp³-hybridized carbons (Fsp3) is 0.353. The first kappa shape index (κ1) is 15.3. The van der Waals surface area contributed by atoms with Gasteiger partial charge in [-0.25, -0.2) is 9.97 Å². The molecule has 1 amide bonds. The van der Waals surface area contributed by atoms with Gasteiger partial charge in [-0.1, -0.05) is 6.07 Å². The third-order valence-corrected chi connectivity index (χ3v) is 4.01. The molecule has 0 bridgehead atoms. The summed E-state index contributed by atoms with van der Waals surface area (Å²) >= 11 is 0. The highest BCUT2D eigenvalue weighted by Gasteiger charge is 2.23. The van der Waals surface area contributed by atoms with Crippen molar-refractivity contribution in [2.24, 2.45) is 0 Å². The molecule has 1 aromatic heterocycles. The SMILES string of the molecule is CN(C)c1cccc(C(=O)N2CCN(c3ncccn3)CC2)c1. The highest BCUT2D eigenvalue weighted by molar-refractivity contribution is 5.95. The van der Waals surface area contributed by atoms with E-state index in [0.717, 1.165) is 30.3 Å². The molecule has 2 heterocycles. The summed E-state index contributed by atoms with van der Waals surface area (Å²) in [4.78, 5) is 27.2. The van der Waals surface area contributed by atoms with Gasteiger partial charge in [0.15, 0.2) is 0 Å². The highest BCUT2D eigenvalue weighted by Crippen LogP contribution is 2.17. The van der Waals surface area contributed by atoms with Gasteiger partial charge in [-0.2, -0.15) is 0 Å². The second kappa shape index (κ2) is 6.64. The van der Waals surface area contributed by atoms with Crippen LogP contribution in [0.1, 0.15) is 10.4 Å². The molecular weight excluding hydrogens is 290 g/mol. The van der Waals surface area contributed by atoms with Crippen LogP contribution in [0.5, 0.6) is 0 Å². The number of nitrogens with zero attached hydrogens (tertiary/aromatic N) is 5. The molecule has 120 valence electrons. The van der Waals surface area contributed by atoms with Crippen molar-refractivity contribution in [1.29, 1.82) is 0 Å². The third kappa shape index (κ3) is 3.41. The molecule has 6 nitrogen and oxygen atoms in total. The number of carbonyl (C=O) groups excluding carboxylic acids is 1. The number of rotatable bonds is 3. The van der Waals surface area contributed by atoms with Gasteiger partial charge in [0.05, 0.1) is 0 Å². The first-order chi connectivity index (χ1) is 11.1. The molecule has 1 saturated heterocycles. The molecule has 2 aromatic rings. The Hall–Kier alpha value is -2.63. The summed E-state index contributed by atoms with van der Waals surface area (Å²) < 4.78 is 0. The predicted molar refractivity (Wildman–Crippen MR) is 90.9 cm³/mol. The van der Waals surface area contributed by atoms with Gasteiger partial charge in [0.2, 0.25) is 5.95 Å². The van der Waals surface area contributed by atoms with E-state index in [4.69, 9.17) is 0 Å². The Morgan fingerprint density at radius 2 is 1.74 bits per heavy atom. The van der Waals surface area contributed by atoms with Crippen LogP contribution in [0.2, 0.25) is 0 Å². The number of amides is 1. The molecule has 0 unspecified atom stereocenters. The number of anilines is 2. The molecular formula is C17H21N5O. The van der Waals surface area contributed by atoms with Gasteiger partial charge < -0.3 is 14.7 Å². The maximum absolute atomic E-state index is 12.7. The molecule has 0 saturated carbocycles. The fourth-order valence-electron chi connectivity index (χ4n) is 2.66. The lowest BCUT2D eigenvalue weighted by Crippen LogP contribution is -2.49. The standard InChI is InChI=1S/C17H21N5O/c1-20(2)15-6-3-5-14(13-15)16(23)21-9-11-22(12-10-21)17-18-7-4-8-19-17/h3-8,13H,9-12H2,1-2H3. The van der Waals surface area contributed by atoms with Gasteiger partial charge in [0.25, 0.3) is 5.91 Å². The van der Waals surface area contributed by atoms with Crippen molar-refractivity contribution in [3.8, 4) is 0 Å². The quantitative estimate of drug-likeness (QED) is 0.860. The summed E-state index contributed by atoms with van der Waals surface area (Å²) in [5, 5.41) is 0. The summed E-state index contributed by atoms with van der Waals surface area (Å²) in [6, 6.07) is 9.55. The predicted octanol–water partition coefficient (Wildman–Crippen LogP) is 1.50. The fourth-order valence-corrected chi connectivity index (χ4v) is 2.66. The second-order valence-corrected chi connectivity index (χ2v) is 5.77. The molecule has 6 heteroatoms. The van der Waals surface area contributed by atoms with Crippen molar-refractivity contribution in [2.75, 3.05) is 50.1 Å². The zero-order chi connectivity index (χ0) is 16.2. The van der Waals surface area contributed by atoms with Gasteiger partial charge in [0, 0.05) is 63.9 Å². The molecule has 0 spiro atoms. The molecule has 1 fully saturated rings. The summed E-state index contributed by atoms with van der Waals surface area (Å²) in [5.41, 5.74) is 1.77. The first-order valence-corrected chi connectivity index (χ1v) is 7.74. The Morgan fingerprint density at radius 1 is 1.04 bits per heavy atom. The van der Waals surface area contributed by atoms with E-state index in [1.54, 1.807) is 18.5 Å². The van der Waals surface area contributed by atoms with Crippen molar-refractivity contribution >= 4 is 17.5 Å². The van der Waals surface area contributed by atoms with Crippen LogP contribution in [0, 0.1) is 0 Å². The van der Waals surface area contributed by atoms with Gasteiger partial charge in [0.1, 0.15) is 0 Å². The Bertz CT molecular complexity index is 666. The van der Waals surface area contributed by atoms with Crippen LogP contribution in [0.25, 0.3) is 0 Å². The normalized spacial score (nSPS) is 14.7. The van der Waals surface area contributed by atoms with E-state index >= 15 is 0 Å². The van der Waals surface area contributed by atoms with Gasteiger partial charge in [-0.15, -0.1) is 0 Å². The molecule has 1 aliphatic heterocycles. The van der Waals surface area contributed by atoms with Crippen LogP contribution in [0.4, 0.5) is 11.6 Å². The third-order valence-electron chi connectivity index (χ3n) is 4.01. The van der Waals surface area contributed by atoms with Crippen LogP contribution in [-0.2, 0) is 0 Å². The van der Waals surface area contributed by atoms with Crippen molar-refractivity contribution < 1.29 is 4.79 Å². The zero-order valence-electron chi connectivity index (χ0n) is 13.5. The Morgan fingerprint density at radius 3 is 2.39 bits per heavy atom. The zero-order valence-corrected chi connectivity index (χ0v) is 13.5. The molecule has 1 aliphatic rings. The highest BCUT2D eigenvalue weighted by atomic mass is 16.2. The smallest absolute Gasteiger partial charge is 0.254 e. The van der Waals surface area contributed by atoms with Crippen molar-refractivity contribution in [3.63, 3.8) is 0 Å². The summed E-state index contributed by atoms with van der Waals surface area (Å²) in [6.45, 7) is 2.87. The Balaban J connectivity index is 1.65. The topological polar surface area (TPSA) is 52.6 Å². The number of benzene rings is 1. The maximum Gasteiger partial charge on any atom is 0.254 e. The van der Waals surface area contributed by atoms with Crippen LogP contribution in [-0.4, -0.2) is 61.0 Å². The molecule has 0 N–H and O–H groups in total. The summed E-state index contributed by atoms with van der Waals surface area (Å²) in [5.74, 6) is 0.816. The minimum Gasteiger partial charge on any atom is -0.378 e. The number of aromatic nitrogens is 2. The van der Waals surface area contributed by atoms with E-state index in [9.17, 15) is 4.79 Å². The number of piperazine rings is 1. The number of carbonyl (C=O) groups is 1. The molecule has 0 aliphatic carbocycles. The average molecular weight is 311 g/mol. The maximum atomic E-state index is 12.7. The lowest BCUT2D eigenvalue weighted by Gasteiger charge is -2.34. The van der Waals surface area contributed by atoms with Crippen LogP contribution in [0.3, 0.4) is 0 Å². The first-order valence-electron chi connectivity index (χ1n) is 7.74. The van der Waals surface area contributed by atoms with Crippen molar-refractivity contribution in [1.82, 2.24) is 14.9 Å². The van der Waals surface area contributed by atoms with Crippen molar-refractivity contribution in [3.05, 3.63) is 48.3 Å². The molecule has 3 rings (SSSR count). The second-order valence-electron chi connectivity index (χ2n) is 5.77. The van der Waals surface area contributed by atoms with Crippen LogP contribution < -0.4 is 9.80 Å². The number of hydrogen-bond donors (Lipinski definition) is 0. The molecule has 0 atom stereocenters.